The van der Waals surface area contributed by atoms with Crippen molar-refractivity contribution in [2.45, 2.75) is 63.5 Å². The Balaban J connectivity index is 1.27. The van der Waals surface area contributed by atoms with Crippen LogP contribution >= 0.6 is 0 Å². The average Bonchev–Trinajstić information content (AvgIpc) is 3.50. The van der Waals surface area contributed by atoms with Crippen LogP contribution in [-0.4, -0.2) is 66.8 Å². The van der Waals surface area contributed by atoms with Gasteiger partial charge in [-0.15, -0.1) is 0 Å². The second-order valence-corrected chi connectivity index (χ2v) is 9.98. The van der Waals surface area contributed by atoms with E-state index in [0.717, 1.165) is 0 Å². The monoisotopic (exact) mass is 560 g/mol. The number of aliphatic hydroxyl groups is 2. The molecule has 0 unspecified atom stereocenters. The van der Waals surface area contributed by atoms with E-state index >= 15 is 0 Å². The number of nitrogens with zero attached hydrogens (tertiary/aromatic N) is 2. The van der Waals surface area contributed by atoms with Gasteiger partial charge in [0.05, 0.1) is 18.8 Å². The van der Waals surface area contributed by atoms with Gasteiger partial charge < -0.3 is 30.3 Å². The molecule has 16 nitrogen and oxygen atoms in total. The van der Waals surface area contributed by atoms with Gasteiger partial charge in [0, 0.05) is 42.9 Å². The third-order valence-electron chi connectivity index (χ3n) is 7.25. The smallest absolute Gasteiger partial charge is 0.330 e. The van der Waals surface area contributed by atoms with Gasteiger partial charge in [-0.05, 0) is 13.8 Å². The molecule has 0 amide bonds. The summed E-state index contributed by atoms with van der Waals surface area (Å²) in [7, 11) is 0. The Morgan fingerprint density at radius 2 is 1.38 bits per heavy atom. The molecule has 214 valence electrons. The molecule has 6 atom stereocenters. The molecule has 1 aromatic carbocycles. The van der Waals surface area contributed by atoms with Gasteiger partial charge >= 0.3 is 11.4 Å². The van der Waals surface area contributed by atoms with E-state index in [0.29, 0.717) is 5.56 Å². The Kier molecular flexibility index (Phi) is 7.17. The van der Waals surface area contributed by atoms with Crippen LogP contribution in [0.2, 0.25) is 0 Å². The van der Waals surface area contributed by atoms with Crippen LogP contribution in [0.1, 0.15) is 36.4 Å². The summed E-state index contributed by atoms with van der Waals surface area (Å²) in [5.41, 5.74) is -3.53. The lowest BCUT2D eigenvalue weighted by Gasteiger charge is -2.23. The van der Waals surface area contributed by atoms with Crippen LogP contribution in [0.15, 0.2) is 41.2 Å². The summed E-state index contributed by atoms with van der Waals surface area (Å²) >= 11 is 0. The number of rotatable bonds is 8. The molecule has 40 heavy (non-hydrogen) atoms. The first-order chi connectivity index (χ1) is 19.0. The molecular weight excluding hydrogens is 532 g/mol. The van der Waals surface area contributed by atoms with Crippen molar-refractivity contribution < 1.29 is 19.7 Å². The highest BCUT2D eigenvalue weighted by molar-refractivity contribution is 5.74. The molecule has 2 aliphatic rings. The van der Waals surface area contributed by atoms with Gasteiger partial charge in [0.15, 0.2) is 0 Å². The predicted octanol–water partition coefficient (Wildman–Crippen LogP) is -2.88. The van der Waals surface area contributed by atoms with Crippen LogP contribution in [-0.2, 0) is 9.47 Å². The lowest BCUT2D eigenvalue weighted by molar-refractivity contribution is -0.0262. The number of H-pyrrole nitrogens is 2. The van der Waals surface area contributed by atoms with Gasteiger partial charge in [0.1, 0.15) is 36.0 Å². The van der Waals surface area contributed by atoms with E-state index in [4.69, 9.17) is 9.47 Å². The maximum atomic E-state index is 12.4. The SMILES string of the molecule is Cc1cn([C@H]2C[C@H](Nc3c(NC[C@H]4O[C@@H](n5cc(C)c(=O)[nH]c5=O)C[C@@H]4O)c(=O)c3=O)[C@@H](CO)O2)c(=O)[nH]c1=O. The molecule has 0 spiro atoms. The topological polar surface area (TPSA) is 227 Å². The van der Waals surface area contributed by atoms with Crippen molar-refractivity contribution in [3.63, 3.8) is 0 Å². The highest BCUT2D eigenvalue weighted by Gasteiger charge is 2.39. The molecule has 0 bridgehead atoms. The quantitative estimate of drug-likeness (QED) is 0.153. The third-order valence-corrected chi connectivity index (χ3v) is 7.25. The largest absolute Gasteiger partial charge is 0.394 e. The summed E-state index contributed by atoms with van der Waals surface area (Å²) in [5, 5.41) is 26.1. The zero-order valence-corrected chi connectivity index (χ0v) is 21.5. The molecule has 0 aliphatic carbocycles. The number of aromatic amines is 2. The highest BCUT2D eigenvalue weighted by atomic mass is 16.5. The number of hydrogen-bond donors (Lipinski definition) is 6. The fourth-order valence-corrected chi connectivity index (χ4v) is 4.98. The van der Waals surface area contributed by atoms with Crippen molar-refractivity contribution in [2.24, 2.45) is 0 Å². The summed E-state index contributed by atoms with van der Waals surface area (Å²) in [5.74, 6) is 0. The molecule has 5 rings (SSSR count). The Bertz CT molecular complexity index is 1740. The molecular formula is C24H28N6O10. The van der Waals surface area contributed by atoms with Crippen molar-refractivity contribution in [2.75, 3.05) is 23.8 Å². The van der Waals surface area contributed by atoms with Crippen LogP contribution in [0.5, 0.6) is 0 Å². The van der Waals surface area contributed by atoms with Crippen LogP contribution in [0, 0.1) is 13.8 Å². The van der Waals surface area contributed by atoms with Crippen molar-refractivity contribution in [3.8, 4) is 0 Å². The first-order valence-electron chi connectivity index (χ1n) is 12.6. The van der Waals surface area contributed by atoms with E-state index in [-0.39, 0.29) is 36.3 Å². The number of ether oxygens (including phenoxy) is 2. The summed E-state index contributed by atoms with van der Waals surface area (Å²) in [4.78, 5) is 76.9. The van der Waals surface area contributed by atoms with E-state index in [2.05, 4.69) is 20.6 Å². The first-order valence-corrected chi connectivity index (χ1v) is 12.6. The van der Waals surface area contributed by atoms with Gasteiger partial charge in [-0.25, -0.2) is 9.59 Å². The van der Waals surface area contributed by atoms with Gasteiger partial charge in [-0.1, -0.05) is 0 Å². The lowest BCUT2D eigenvalue weighted by Crippen LogP contribution is -2.43. The highest BCUT2D eigenvalue weighted by Crippen LogP contribution is 2.32. The Morgan fingerprint density at radius 1 is 0.850 bits per heavy atom. The normalized spacial score (nSPS) is 26.4. The Morgan fingerprint density at radius 3 is 1.95 bits per heavy atom. The van der Waals surface area contributed by atoms with Gasteiger partial charge in [0.25, 0.3) is 22.0 Å². The second-order valence-electron chi connectivity index (χ2n) is 9.98. The predicted molar refractivity (Wildman–Crippen MR) is 140 cm³/mol. The summed E-state index contributed by atoms with van der Waals surface area (Å²) in [6.07, 6.45) is -1.53. The molecule has 3 aromatic rings. The minimum atomic E-state index is -1.01. The second kappa shape index (κ2) is 10.5. The molecule has 6 N–H and O–H groups in total. The fraction of sp³-hybridized carbons (Fsp3) is 0.500. The standard InChI is InChI=1S/C24H28N6O10/c1-9-6-29(23(37)27-21(9)35)15-3-11(14(8-31)40-15)26-18-17(19(33)20(18)34)25-5-13-12(32)4-16(39-13)30-7-10(2)22(36)28-24(30)38/h6-7,11-16,25-26,31-32H,3-5,8H2,1-2H3,(H,27,35,37)(H,28,36,38)/t11-,12-,13+,14+,15+,16+/m0/s1. The lowest BCUT2D eigenvalue weighted by atomic mass is 10.1. The van der Waals surface area contributed by atoms with Crippen molar-refractivity contribution in [1.29, 1.82) is 0 Å². The van der Waals surface area contributed by atoms with Crippen LogP contribution in [0.4, 0.5) is 11.4 Å². The van der Waals surface area contributed by atoms with Crippen LogP contribution < -0.4 is 44.0 Å². The summed E-state index contributed by atoms with van der Waals surface area (Å²) in [6.45, 7) is 2.53. The molecule has 4 heterocycles. The molecule has 2 aromatic heterocycles. The molecule has 2 aliphatic heterocycles. The first kappa shape index (κ1) is 27.4. The minimum Gasteiger partial charge on any atom is -0.394 e. The number of nitrogens with one attached hydrogen (secondary N) is 4. The van der Waals surface area contributed by atoms with Gasteiger partial charge in [0.2, 0.25) is 0 Å². The number of aliphatic hydroxyl groups excluding tert-OH is 2. The molecule has 16 heteroatoms. The van der Waals surface area contributed by atoms with Crippen LogP contribution in [0.25, 0.3) is 0 Å². The number of aryl methyl sites for hydroxylation is 2. The molecule has 0 saturated carbocycles. The van der Waals surface area contributed by atoms with E-state index in [1.54, 1.807) is 0 Å². The minimum absolute atomic E-state index is 0.0424. The number of anilines is 2. The van der Waals surface area contributed by atoms with Crippen LogP contribution in [0.3, 0.4) is 0 Å². The number of hydrogen-bond acceptors (Lipinski definition) is 12. The zero-order chi connectivity index (χ0) is 28.9. The number of aromatic nitrogens is 4. The Labute approximate surface area is 223 Å². The molecule has 2 fully saturated rings. The fourth-order valence-electron chi connectivity index (χ4n) is 4.98. The molecule has 0 radical (unpaired) electrons. The zero-order valence-electron chi connectivity index (χ0n) is 21.5. The maximum absolute atomic E-state index is 12.4. The molecule has 2 saturated heterocycles. The van der Waals surface area contributed by atoms with Gasteiger partial charge in [-0.2, -0.15) is 0 Å². The summed E-state index contributed by atoms with van der Waals surface area (Å²) < 4.78 is 13.9. The van der Waals surface area contributed by atoms with E-state index < -0.39 is 76.8 Å². The van der Waals surface area contributed by atoms with Crippen molar-refractivity contribution in [3.05, 3.63) is 85.6 Å². The van der Waals surface area contributed by atoms with Crippen molar-refractivity contribution in [1.82, 2.24) is 19.1 Å². The van der Waals surface area contributed by atoms with Gasteiger partial charge in [-0.3, -0.25) is 38.3 Å². The third kappa shape index (κ3) is 4.85. The average molecular weight is 561 g/mol. The van der Waals surface area contributed by atoms with Crippen molar-refractivity contribution >= 4 is 11.4 Å². The maximum Gasteiger partial charge on any atom is 0.330 e. The van der Waals surface area contributed by atoms with E-state index in [1.165, 1.54) is 35.4 Å². The van der Waals surface area contributed by atoms with E-state index in [9.17, 15) is 39.0 Å². The Hall–Kier alpha value is -4.12. The van der Waals surface area contributed by atoms with E-state index in [1.807, 2.05) is 0 Å². The summed E-state index contributed by atoms with van der Waals surface area (Å²) in [6, 6.07) is -0.661.